The molecule has 5 rings (SSSR count). The standard InChI is InChI=1S/C19H24N2/c1-2-14-13-21-10-8-15(14)11-17(21)12-16-7-9-20-19-6-4-3-5-18(16)19/h2-6,9,14-17H,1,7-8,10-13H2/t14-,15-,16?,17-/m0/s1. The molecule has 0 aliphatic carbocycles. The Hall–Kier alpha value is -1.41. The minimum absolute atomic E-state index is 0.658. The van der Waals surface area contributed by atoms with Crippen molar-refractivity contribution >= 4 is 11.9 Å². The van der Waals surface area contributed by atoms with E-state index in [0.717, 1.165) is 24.3 Å². The molecule has 0 amide bonds. The molecular formula is C19H24N2. The maximum atomic E-state index is 4.56. The Kier molecular flexibility index (Phi) is 3.42. The zero-order valence-corrected chi connectivity index (χ0v) is 12.6. The lowest BCUT2D eigenvalue weighted by atomic mass is 9.73. The highest BCUT2D eigenvalue weighted by molar-refractivity contribution is 5.70. The van der Waals surface area contributed by atoms with Gasteiger partial charge in [-0.25, -0.2) is 0 Å². The minimum Gasteiger partial charge on any atom is -0.300 e. The van der Waals surface area contributed by atoms with E-state index in [9.17, 15) is 0 Å². The van der Waals surface area contributed by atoms with Gasteiger partial charge in [-0.15, -0.1) is 6.58 Å². The number of piperidine rings is 3. The third kappa shape index (κ3) is 2.36. The zero-order chi connectivity index (χ0) is 14.2. The molecular weight excluding hydrogens is 256 g/mol. The Labute approximate surface area is 127 Å². The van der Waals surface area contributed by atoms with Gasteiger partial charge in [-0.3, -0.25) is 9.89 Å². The maximum absolute atomic E-state index is 4.56. The van der Waals surface area contributed by atoms with Crippen molar-refractivity contribution in [2.24, 2.45) is 16.8 Å². The summed E-state index contributed by atoms with van der Waals surface area (Å²) in [4.78, 5) is 7.28. The van der Waals surface area contributed by atoms with Crippen LogP contribution in [0.5, 0.6) is 0 Å². The zero-order valence-electron chi connectivity index (χ0n) is 12.6. The lowest BCUT2D eigenvalue weighted by molar-refractivity contribution is 0.0126. The van der Waals surface area contributed by atoms with Gasteiger partial charge in [0.1, 0.15) is 0 Å². The lowest BCUT2D eigenvalue weighted by Gasteiger charge is -2.50. The van der Waals surface area contributed by atoms with Gasteiger partial charge in [0.15, 0.2) is 0 Å². The smallest absolute Gasteiger partial charge is 0.0660 e. The molecule has 2 bridgehead atoms. The van der Waals surface area contributed by atoms with Crippen molar-refractivity contribution in [1.82, 2.24) is 4.90 Å². The molecule has 4 aliphatic rings. The van der Waals surface area contributed by atoms with E-state index in [-0.39, 0.29) is 0 Å². The monoisotopic (exact) mass is 280 g/mol. The van der Waals surface area contributed by atoms with Gasteiger partial charge in [0.05, 0.1) is 5.69 Å². The highest BCUT2D eigenvalue weighted by Crippen LogP contribution is 2.42. The molecule has 4 aliphatic heterocycles. The number of hydrogen-bond donors (Lipinski definition) is 0. The number of fused-ring (bicyclic) bond motifs is 4. The van der Waals surface area contributed by atoms with Crippen molar-refractivity contribution in [3.8, 4) is 0 Å². The molecule has 4 heterocycles. The molecule has 21 heavy (non-hydrogen) atoms. The van der Waals surface area contributed by atoms with Gasteiger partial charge in [0, 0.05) is 18.8 Å². The van der Waals surface area contributed by atoms with Crippen LogP contribution in [0, 0.1) is 11.8 Å². The van der Waals surface area contributed by atoms with Crippen LogP contribution in [-0.2, 0) is 0 Å². The second-order valence-corrected chi connectivity index (χ2v) is 6.87. The summed E-state index contributed by atoms with van der Waals surface area (Å²) in [5, 5.41) is 0. The van der Waals surface area contributed by atoms with E-state index in [2.05, 4.69) is 53.0 Å². The summed E-state index contributed by atoms with van der Waals surface area (Å²) in [5.41, 5.74) is 2.65. The van der Waals surface area contributed by atoms with E-state index in [4.69, 9.17) is 0 Å². The average molecular weight is 280 g/mol. The summed E-state index contributed by atoms with van der Waals surface area (Å²) in [5.74, 6) is 2.27. The van der Waals surface area contributed by atoms with Crippen molar-refractivity contribution in [2.45, 2.75) is 37.6 Å². The van der Waals surface area contributed by atoms with Crippen LogP contribution in [0.25, 0.3) is 0 Å². The van der Waals surface area contributed by atoms with Crippen LogP contribution in [0.2, 0.25) is 0 Å². The number of rotatable bonds is 3. The first kappa shape index (κ1) is 13.3. The molecule has 2 heteroatoms. The second kappa shape index (κ2) is 5.42. The molecule has 0 N–H and O–H groups in total. The molecule has 0 radical (unpaired) electrons. The van der Waals surface area contributed by atoms with Crippen molar-refractivity contribution in [1.29, 1.82) is 0 Å². The maximum Gasteiger partial charge on any atom is 0.0660 e. The minimum atomic E-state index is 0.658. The summed E-state index contributed by atoms with van der Waals surface area (Å²) in [7, 11) is 0. The van der Waals surface area contributed by atoms with Crippen LogP contribution >= 0.6 is 0 Å². The predicted molar refractivity (Wildman–Crippen MR) is 88.3 cm³/mol. The molecule has 1 aromatic carbocycles. The van der Waals surface area contributed by atoms with Gasteiger partial charge in [-0.1, -0.05) is 24.3 Å². The molecule has 0 spiro atoms. The number of para-hydroxylation sites is 1. The van der Waals surface area contributed by atoms with Crippen LogP contribution in [0.1, 0.15) is 37.2 Å². The fourth-order valence-electron chi connectivity index (χ4n) is 4.60. The van der Waals surface area contributed by atoms with E-state index in [1.165, 1.54) is 43.6 Å². The average Bonchev–Trinajstić information content (AvgIpc) is 2.56. The van der Waals surface area contributed by atoms with Crippen LogP contribution < -0.4 is 0 Å². The quantitative estimate of drug-likeness (QED) is 0.759. The molecule has 0 aromatic heterocycles. The van der Waals surface area contributed by atoms with Crippen molar-refractivity contribution in [3.05, 3.63) is 42.5 Å². The molecule has 2 unspecified atom stereocenters. The Bertz CT molecular complexity index is 562. The van der Waals surface area contributed by atoms with Crippen LogP contribution in [-0.4, -0.2) is 30.2 Å². The molecule has 5 atom stereocenters. The predicted octanol–water partition coefficient (Wildman–Crippen LogP) is 4.16. The number of nitrogens with zero attached hydrogens (tertiary/aromatic N) is 2. The summed E-state index contributed by atoms with van der Waals surface area (Å²) in [6, 6.07) is 9.45. The molecule has 3 fully saturated rings. The molecule has 2 nitrogen and oxygen atoms in total. The van der Waals surface area contributed by atoms with E-state index in [1.807, 2.05) is 0 Å². The van der Waals surface area contributed by atoms with E-state index in [1.54, 1.807) is 0 Å². The topological polar surface area (TPSA) is 15.6 Å². The Morgan fingerprint density at radius 3 is 3.05 bits per heavy atom. The SMILES string of the molecule is C=C[C@H]1CN2CC[C@H]1C[C@H]2CC1CC=Nc2ccccc21. The van der Waals surface area contributed by atoms with Gasteiger partial charge in [-0.05, 0) is 61.6 Å². The molecule has 1 aromatic rings. The molecule has 110 valence electrons. The number of aliphatic imine (C=N–C) groups is 1. The fraction of sp³-hybridized carbons (Fsp3) is 0.526. The van der Waals surface area contributed by atoms with E-state index >= 15 is 0 Å². The Morgan fingerprint density at radius 1 is 1.33 bits per heavy atom. The first-order valence-corrected chi connectivity index (χ1v) is 8.33. The van der Waals surface area contributed by atoms with Crippen LogP contribution in [0.15, 0.2) is 41.9 Å². The Morgan fingerprint density at radius 2 is 2.24 bits per heavy atom. The largest absolute Gasteiger partial charge is 0.300 e. The van der Waals surface area contributed by atoms with Gasteiger partial charge in [0.2, 0.25) is 0 Å². The van der Waals surface area contributed by atoms with Crippen LogP contribution in [0.4, 0.5) is 5.69 Å². The van der Waals surface area contributed by atoms with Gasteiger partial charge in [-0.2, -0.15) is 0 Å². The summed E-state index contributed by atoms with van der Waals surface area (Å²) < 4.78 is 0. The highest BCUT2D eigenvalue weighted by Gasteiger charge is 2.39. The van der Waals surface area contributed by atoms with Crippen molar-refractivity contribution < 1.29 is 0 Å². The van der Waals surface area contributed by atoms with Crippen LogP contribution in [0.3, 0.4) is 0 Å². The number of benzene rings is 1. The second-order valence-electron chi connectivity index (χ2n) is 6.87. The first-order chi connectivity index (χ1) is 10.3. The summed E-state index contributed by atoms with van der Waals surface area (Å²) in [6.07, 6.45) is 9.45. The highest BCUT2D eigenvalue weighted by atomic mass is 15.2. The number of hydrogen-bond acceptors (Lipinski definition) is 2. The lowest BCUT2D eigenvalue weighted by Crippen LogP contribution is -2.53. The van der Waals surface area contributed by atoms with Gasteiger partial charge in [0.25, 0.3) is 0 Å². The van der Waals surface area contributed by atoms with Gasteiger partial charge < -0.3 is 0 Å². The third-order valence-electron chi connectivity index (χ3n) is 5.79. The third-order valence-corrected chi connectivity index (χ3v) is 5.79. The fourth-order valence-corrected chi connectivity index (χ4v) is 4.60. The van der Waals surface area contributed by atoms with Crippen molar-refractivity contribution in [2.75, 3.05) is 13.1 Å². The van der Waals surface area contributed by atoms with Gasteiger partial charge >= 0.3 is 0 Å². The first-order valence-electron chi connectivity index (χ1n) is 8.33. The molecule has 0 saturated carbocycles. The van der Waals surface area contributed by atoms with Crippen molar-refractivity contribution in [3.63, 3.8) is 0 Å². The summed E-state index contributed by atoms with van der Waals surface area (Å²) >= 11 is 0. The van der Waals surface area contributed by atoms with E-state index < -0.39 is 0 Å². The Balaban J connectivity index is 1.50. The molecule has 3 saturated heterocycles. The van der Waals surface area contributed by atoms with E-state index in [0.29, 0.717) is 5.92 Å². The normalized spacial score (nSPS) is 37.2. The summed E-state index contributed by atoms with van der Waals surface area (Å²) in [6.45, 7) is 6.56.